The Morgan fingerprint density at radius 2 is 1.93 bits per heavy atom. The van der Waals surface area contributed by atoms with Crippen molar-refractivity contribution in [1.29, 1.82) is 0 Å². The molecule has 10 heteroatoms. The van der Waals surface area contributed by atoms with Crippen LogP contribution in [0.3, 0.4) is 0 Å². The summed E-state index contributed by atoms with van der Waals surface area (Å²) in [5.41, 5.74) is 0.789. The number of aromatic nitrogens is 2. The van der Waals surface area contributed by atoms with Crippen LogP contribution < -0.4 is 10.1 Å². The fourth-order valence-electron chi connectivity index (χ4n) is 2.58. The van der Waals surface area contributed by atoms with Crippen molar-refractivity contribution in [1.82, 2.24) is 15.0 Å². The molecule has 0 spiro atoms. The lowest BCUT2D eigenvalue weighted by Crippen LogP contribution is -2.35. The molecule has 2 amide bonds. The van der Waals surface area contributed by atoms with Crippen molar-refractivity contribution in [3.63, 3.8) is 0 Å². The minimum Gasteiger partial charge on any atom is -0.485 e. The normalized spacial score (nSPS) is 10.5. The van der Waals surface area contributed by atoms with Crippen LogP contribution >= 0.6 is 23.2 Å². The van der Waals surface area contributed by atoms with E-state index in [9.17, 15) is 9.59 Å². The van der Waals surface area contributed by atoms with Gasteiger partial charge in [-0.05, 0) is 30.3 Å². The summed E-state index contributed by atoms with van der Waals surface area (Å²) in [6.07, 6.45) is 0. The van der Waals surface area contributed by atoms with Gasteiger partial charge in [-0.25, -0.2) is 0 Å². The van der Waals surface area contributed by atoms with E-state index >= 15 is 0 Å². The zero-order chi connectivity index (χ0) is 21.7. The van der Waals surface area contributed by atoms with Crippen molar-refractivity contribution < 1.29 is 18.8 Å². The Morgan fingerprint density at radius 3 is 2.63 bits per heavy atom. The molecule has 0 bridgehead atoms. The maximum Gasteiger partial charge on any atom is 0.257 e. The van der Waals surface area contributed by atoms with Crippen LogP contribution in [0.2, 0.25) is 10.0 Å². The lowest BCUT2D eigenvalue weighted by atomic mass is 10.1. The SMILES string of the molecule is Cc1nc(COc2ccccc2C(=O)N(C)CC(=O)Nc2ccc(Cl)c(Cl)c2)no1. The van der Waals surface area contributed by atoms with Gasteiger partial charge >= 0.3 is 0 Å². The number of halogens is 2. The number of aryl methyl sites for hydroxylation is 1. The number of nitrogens with one attached hydrogen (secondary N) is 1. The highest BCUT2D eigenvalue weighted by Crippen LogP contribution is 2.25. The topological polar surface area (TPSA) is 97.6 Å². The van der Waals surface area contributed by atoms with E-state index in [0.29, 0.717) is 38.8 Å². The molecule has 30 heavy (non-hydrogen) atoms. The molecule has 0 aliphatic carbocycles. The third-order valence-corrected chi connectivity index (χ3v) is 4.71. The largest absolute Gasteiger partial charge is 0.485 e. The zero-order valence-corrected chi connectivity index (χ0v) is 17.7. The number of ether oxygens (including phenoxy) is 1. The predicted octanol–water partition coefficient (Wildman–Crippen LogP) is 3.97. The van der Waals surface area contributed by atoms with Crippen molar-refractivity contribution in [2.45, 2.75) is 13.5 Å². The molecule has 156 valence electrons. The monoisotopic (exact) mass is 448 g/mol. The highest BCUT2D eigenvalue weighted by Gasteiger charge is 2.19. The van der Waals surface area contributed by atoms with Gasteiger partial charge in [0, 0.05) is 19.7 Å². The predicted molar refractivity (Wildman–Crippen MR) is 112 cm³/mol. The summed E-state index contributed by atoms with van der Waals surface area (Å²) in [6, 6.07) is 11.5. The summed E-state index contributed by atoms with van der Waals surface area (Å²) in [5, 5.41) is 7.14. The zero-order valence-electron chi connectivity index (χ0n) is 16.2. The molecule has 0 radical (unpaired) electrons. The van der Waals surface area contributed by atoms with Gasteiger partial charge in [-0.15, -0.1) is 0 Å². The molecule has 1 aromatic heterocycles. The number of rotatable bonds is 7. The smallest absolute Gasteiger partial charge is 0.257 e. The summed E-state index contributed by atoms with van der Waals surface area (Å²) in [6.45, 7) is 1.55. The standard InChI is InChI=1S/C20H18Cl2N4O4/c1-12-23-18(25-30-12)11-29-17-6-4-3-5-14(17)20(28)26(2)10-19(27)24-13-7-8-15(21)16(22)9-13/h3-9H,10-11H2,1-2H3,(H,24,27). The van der Waals surface area contributed by atoms with Crippen molar-refractivity contribution in [2.75, 3.05) is 18.9 Å². The van der Waals surface area contributed by atoms with Gasteiger partial charge in [0.15, 0.2) is 6.61 Å². The number of anilines is 1. The molecule has 3 aromatic rings. The Labute approximate surface area is 182 Å². The Bertz CT molecular complexity index is 1070. The summed E-state index contributed by atoms with van der Waals surface area (Å²) in [5.74, 6) is 0.376. The highest BCUT2D eigenvalue weighted by atomic mass is 35.5. The second-order valence-electron chi connectivity index (χ2n) is 6.35. The van der Waals surface area contributed by atoms with Crippen molar-refractivity contribution in [3.8, 4) is 5.75 Å². The maximum atomic E-state index is 12.8. The second kappa shape index (κ2) is 9.60. The van der Waals surface area contributed by atoms with Crippen LogP contribution in [0.1, 0.15) is 22.1 Å². The molecule has 0 aliphatic rings. The average molecular weight is 449 g/mol. The van der Waals surface area contributed by atoms with Gasteiger partial charge < -0.3 is 19.5 Å². The first-order valence-corrected chi connectivity index (χ1v) is 9.60. The van der Waals surface area contributed by atoms with Gasteiger partial charge in [-0.3, -0.25) is 9.59 Å². The summed E-state index contributed by atoms with van der Waals surface area (Å²) in [4.78, 5) is 30.5. The Hall–Kier alpha value is -3.10. The van der Waals surface area contributed by atoms with Crippen LogP contribution in [-0.4, -0.2) is 40.4 Å². The summed E-state index contributed by atoms with van der Waals surface area (Å²) < 4.78 is 10.6. The van der Waals surface area contributed by atoms with E-state index in [2.05, 4.69) is 15.5 Å². The molecule has 0 saturated carbocycles. The quantitative estimate of drug-likeness (QED) is 0.586. The van der Waals surface area contributed by atoms with Crippen LogP contribution in [0.25, 0.3) is 0 Å². The van der Waals surface area contributed by atoms with E-state index in [4.69, 9.17) is 32.5 Å². The van der Waals surface area contributed by atoms with Crippen LogP contribution in [0.4, 0.5) is 5.69 Å². The Balaban J connectivity index is 1.63. The van der Waals surface area contributed by atoms with E-state index in [1.54, 1.807) is 43.3 Å². The number of hydrogen-bond acceptors (Lipinski definition) is 6. The maximum absolute atomic E-state index is 12.8. The van der Waals surface area contributed by atoms with Gasteiger partial charge in [-0.2, -0.15) is 4.98 Å². The lowest BCUT2D eigenvalue weighted by Gasteiger charge is -2.18. The molecule has 8 nitrogen and oxygen atoms in total. The third-order valence-electron chi connectivity index (χ3n) is 3.97. The van der Waals surface area contributed by atoms with E-state index < -0.39 is 0 Å². The number of likely N-dealkylation sites (N-methyl/N-ethyl adjacent to an activating group) is 1. The molecular formula is C20H18Cl2N4O4. The fraction of sp³-hybridized carbons (Fsp3) is 0.200. The number of amides is 2. The van der Waals surface area contributed by atoms with E-state index in [-0.39, 0.29) is 25.0 Å². The molecule has 1 N–H and O–H groups in total. The third kappa shape index (κ3) is 5.49. The fourth-order valence-corrected chi connectivity index (χ4v) is 2.88. The number of para-hydroxylation sites is 1. The van der Waals surface area contributed by atoms with Gasteiger partial charge in [0.2, 0.25) is 17.6 Å². The molecule has 0 aliphatic heterocycles. The summed E-state index contributed by atoms with van der Waals surface area (Å²) in [7, 11) is 1.52. The highest BCUT2D eigenvalue weighted by molar-refractivity contribution is 6.42. The van der Waals surface area contributed by atoms with Crippen LogP contribution in [0.15, 0.2) is 47.0 Å². The second-order valence-corrected chi connectivity index (χ2v) is 7.17. The first kappa shape index (κ1) is 21.6. The van der Waals surface area contributed by atoms with E-state index in [0.717, 1.165) is 0 Å². The number of benzene rings is 2. The minimum atomic E-state index is -0.384. The average Bonchev–Trinajstić information content (AvgIpc) is 3.14. The van der Waals surface area contributed by atoms with Gasteiger partial charge in [0.1, 0.15) is 5.75 Å². The van der Waals surface area contributed by atoms with Crippen molar-refractivity contribution in [2.24, 2.45) is 0 Å². The first-order chi connectivity index (χ1) is 14.3. The molecule has 0 saturated heterocycles. The van der Waals surface area contributed by atoms with E-state index in [1.807, 2.05) is 0 Å². The summed E-state index contributed by atoms with van der Waals surface area (Å²) >= 11 is 11.8. The molecule has 0 fully saturated rings. The van der Waals surface area contributed by atoms with Gasteiger partial charge in [0.25, 0.3) is 5.91 Å². The van der Waals surface area contributed by atoms with Gasteiger partial charge in [-0.1, -0.05) is 40.5 Å². The molecular weight excluding hydrogens is 431 g/mol. The van der Waals surface area contributed by atoms with E-state index in [1.165, 1.54) is 18.0 Å². The Kier molecular flexibility index (Phi) is 6.91. The Morgan fingerprint density at radius 1 is 1.17 bits per heavy atom. The molecule has 1 heterocycles. The molecule has 3 rings (SSSR count). The molecule has 2 aromatic carbocycles. The van der Waals surface area contributed by atoms with Crippen molar-refractivity contribution >= 4 is 40.7 Å². The number of hydrogen-bond donors (Lipinski definition) is 1. The first-order valence-electron chi connectivity index (χ1n) is 8.85. The van der Waals surface area contributed by atoms with Gasteiger partial charge in [0.05, 0.1) is 22.2 Å². The number of carbonyl (C=O) groups is 2. The number of nitrogens with zero attached hydrogens (tertiary/aromatic N) is 3. The van der Waals surface area contributed by atoms with Crippen LogP contribution in [0, 0.1) is 6.92 Å². The van der Waals surface area contributed by atoms with Crippen molar-refractivity contribution in [3.05, 3.63) is 69.8 Å². The number of carbonyl (C=O) groups excluding carboxylic acids is 2. The van der Waals surface area contributed by atoms with Crippen LogP contribution in [0.5, 0.6) is 5.75 Å². The molecule has 0 unspecified atom stereocenters. The lowest BCUT2D eigenvalue weighted by molar-refractivity contribution is -0.116. The minimum absolute atomic E-state index is 0.0448. The molecule has 0 atom stereocenters. The van der Waals surface area contributed by atoms with Crippen LogP contribution in [-0.2, 0) is 11.4 Å².